The summed E-state index contributed by atoms with van der Waals surface area (Å²) in [5.74, 6) is 0.652. The molecule has 1 saturated heterocycles. The molecule has 5 rings (SSSR count). The van der Waals surface area contributed by atoms with Gasteiger partial charge < -0.3 is 15.5 Å². The van der Waals surface area contributed by atoms with E-state index >= 15 is 0 Å². The van der Waals surface area contributed by atoms with E-state index < -0.39 is 0 Å². The maximum absolute atomic E-state index is 11.6. The number of piperazine rings is 1. The molecule has 1 aliphatic heterocycles. The zero-order valence-corrected chi connectivity index (χ0v) is 14.8. The summed E-state index contributed by atoms with van der Waals surface area (Å²) in [5, 5.41) is 17.2. The van der Waals surface area contributed by atoms with Gasteiger partial charge in [-0.1, -0.05) is 0 Å². The van der Waals surface area contributed by atoms with Gasteiger partial charge in [0.2, 0.25) is 5.91 Å². The molecule has 0 saturated carbocycles. The Kier molecular flexibility index (Phi) is 3.86. The van der Waals surface area contributed by atoms with E-state index in [-0.39, 0.29) is 5.91 Å². The summed E-state index contributed by atoms with van der Waals surface area (Å²) in [6.07, 6.45) is 6.72. The van der Waals surface area contributed by atoms with Crippen molar-refractivity contribution in [1.29, 1.82) is 0 Å². The van der Waals surface area contributed by atoms with Crippen LogP contribution in [0.2, 0.25) is 0 Å². The van der Waals surface area contributed by atoms with Crippen LogP contribution >= 0.6 is 0 Å². The van der Waals surface area contributed by atoms with Crippen molar-refractivity contribution in [2.75, 3.05) is 29.9 Å². The molecule has 1 aromatic carbocycles. The molecule has 0 unspecified atom stereocenters. The van der Waals surface area contributed by atoms with Crippen LogP contribution in [-0.2, 0) is 4.79 Å². The van der Waals surface area contributed by atoms with Gasteiger partial charge in [-0.2, -0.15) is 10.2 Å². The number of H-pyrrole nitrogens is 1. The van der Waals surface area contributed by atoms with E-state index in [1.807, 2.05) is 24.3 Å². The topological polar surface area (TPSA) is 116 Å². The number of benzene rings is 1. The molecule has 140 valence electrons. The molecule has 10 nitrogen and oxygen atoms in total. The fourth-order valence-corrected chi connectivity index (χ4v) is 3.24. The lowest BCUT2D eigenvalue weighted by molar-refractivity contribution is -0.120. The summed E-state index contributed by atoms with van der Waals surface area (Å²) in [6, 6.07) is 7.89. The minimum absolute atomic E-state index is 0.0459. The quantitative estimate of drug-likeness (QED) is 0.491. The van der Waals surface area contributed by atoms with Gasteiger partial charge in [-0.25, -0.2) is 14.5 Å². The van der Waals surface area contributed by atoms with Gasteiger partial charge in [0.25, 0.3) is 0 Å². The molecule has 1 fully saturated rings. The maximum Gasteiger partial charge on any atom is 0.239 e. The molecule has 0 bridgehead atoms. The molecule has 0 atom stereocenters. The van der Waals surface area contributed by atoms with Crippen molar-refractivity contribution in [2.45, 2.75) is 0 Å². The highest BCUT2D eigenvalue weighted by atomic mass is 16.2. The zero-order valence-electron chi connectivity index (χ0n) is 14.8. The van der Waals surface area contributed by atoms with Crippen LogP contribution in [0.3, 0.4) is 0 Å². The highest BCUT2D eigenvalue weighted by Crippen LogP contribution is 2.25. The Morgan fingerprint density at radius 1 is 1.11 bits per heavy atom. The summed E-state index contributed by atoms with van der Waals surface area (Å²) in [7, 11) is 0. The lowest BCUT2D eigenvalue weighted by atomic mass is 10.2. The third-order valence-electron chi connectivity index (χ3n) is 4.63. The Bertz CT molecular complexity index is 1120. The van der Waals surface area contributed by atoms with Crippen LogP contribution in [0.1, 0.15) is 0 Å². The van der Waals surface area contributed by atoms with Gasteiger partial charge in [-0.05, 0) is 24.3 Å². The molecule has 10 heteroatoms. The monoisotopic (exact) mass is 375 g/mol. The Labute approximate surface area is 159 Å². The normalized spacial score (nSPS) is 14.3. The Balaban J connectivity index is 1.41. The standard InChI is InChI=1S/C18H17N9O/c28-16-10-26(6-5-19-16)14-3-1-13(2-4-14)25-17-18-21-11-24-27(18)15(9-20-17)12-7-22-23-8-12/h1-4,7-9,11H,5-6,10H2,(H,19,28)(H,20,25)(H,22,23). The molecule has 4 aromatic rings. The first kappa shape index (κ1) is 16.2. The average molecular weight is 375 g/mol. The van der Waals surface area contributed by atoms with Gasteiger partial charge in [-0.3, -0.25) is 9.89 Å². The van der Waals surface area contributed by atoms with Crippen molar-refractivity contribution >= 4 is 28.7 Å². The van der Waals surface area contributed by atoms with Crippen LogP contribution in [-0.4, -0.2) is 55.3 Å². The number of rotatable bonds is 4. The van der Waals surface area contributed by atoms with Gasteiger partial charge in [0.05, 0.1) is 24.6 Å². The predicted molar refractivity (Wildman–Crippen MR) is 103 cm³/mol. The lowest BCUT2D eigenvalue weighted by Gasteiger charge is -2.28. The molecular weight excluding hydrogens is 358 g/mol. The van der Waals surface area contributed by atoms with Crippen molar-refractivity contribution in [3.05, 3.63) is 49.2 Å². The van der Waals surface area contributed by atoms with Crippen LogP contribution in [0.4, 0.5) is 17.2 Å². The number of carbonyl (C=O) groups excluding carboxylic acids is 1. The predicted octanol–water partition coefficient (Wildman–Crippen LogP) is 1.19. The molecule has 28 heavy (non-hydrogen) atoms. The van der Waals surface area contributed by atoms with E-state index in [4.69, 9.17) is 0 Å². The second-order valence-corrected chi connectivity index (χ2v) is 6.42. The van der Waals surface area contributed by atoms with Crippen LogP contribution in [0, 0.1) is 0 Å². The molecule has 0 aliphatic carbocycles. The second kappa shape index (κ2) is 6.65. The average Bonchev–Trinajstić information content (AvgIpc) is 3.41. The van der Waals surface area contributed by atoms with Crippen molar-refractivity contribution in [2.24, 2.45) is 0 Å². The third kappa shape index (κ3) is 2.90. The van der Waals surface area contributed by atoms with Crippen molar-refractivity contribution in [3.8, 4) is 11.3 Å². The van der Waals surface area contributed by atoms with Crippen LogP contribution in [0.15, 0.2) is 49.2 Å². The van der Waals surface area contributed by atoms with Crippen molar-refractivity contribution in [3.63, 3.8) is 0 Å². The minimum atomic E-state index is 0.0459. The molecule has 3 N–H and O–H groups in total. The number of aromatic nitrogens is 6. The molecule has 3 aromatic heterocycles. The highest BCUT2D eigenvalue weighted by molar-refractivity contribution is 5.83. The molecule has 1 aliphatic rings. The van der Waals surface area contributed by atoms with E-state index in [0.717, 1.165) is 29.2 Å². The van der Waals surface area contributed by atoms with Gasteiger partial charge in [-0.15, -0.1) is 0 Å². The van der Waals surface area contributed by atoms with Crippen molar-refractivity contribution in [1.82, 2.24) is 35.1 Å². The smallest absolute Gasteiger partial charge is 0.239 e. The van der Waals surface area contributed by atoms with Gasteiger partial charge in [0.1, 0.15) is 6.33 Å². The number of fused-ring (bicyclic) bond motifs is 1. The van der Waals surface area contributed by atoms with Gasteiger partial charge in [0.15, 0.2) is 11.5 Å². The van der Waals surface area contributed by atoms with Crippen LogP contribution < -0.4 is 15.5 Å². The summed E-state index contributed by atoms with van der Waals surface area (Å²) >= 11 is 0. The third-order valence-corrected chi connectivity index (χ3v) is 4.63. The van der Waals surface area contributed by atoms with Crippen LogP contribution in [0.5, 0.6) is 0 Å². The zero-order chi connectivity index (χ0) is 18.9. The largest absolute Gasteiger partial charge is 0.360 e. The second-order valence-electron chi connectivity index (χ2n) is 6.42. The maximum atomic E-state index is 11.6. The number of hydrogen-bond donors (Lipinski definition) is 3. The van der Waals surface area contributed by atoms with E-state index in [9.17, 15) is 4.79 Å². The molecule has 0 radical (unpaired) electrons. The lowest BCUT2D eigenvalue weighted by Crippen LogP contribution is -2.47. The fourth-order valence-electron chi connectivity index (χ4n) is 3.24. The van der Waals surface area contributed by atoms with E-state index in [2.05, 4.69) is 40.8 Å². The number of aromatic amines is 1. The Hall–Kier alpha value is -3.95. The first-order valence-corrected chi connectivity index (χ1v) is 8.84. The summed E-state index contributed by atoms with van der Waals surface area (Å²) < 4.78 is 1.72. The highest BCUT2D eigenvalue weighted by Gasteiger charge is 2.16. The minimum Gasteiger partial charge on any atom is -0.360 e. The molecule has 1 amide bonds. The van der Waals surface area contributed by atoms with Crippen LogP contribution in [0.25, 0.3) is 16.9 Å². The summed E-state index contributed by atoms with van der Waals surface area (Å²) in [5.41, 5.74) is 4.18. The number of anilines is 3. The molecule has 0 spiro atoms. The fraction of sp³-hybridized carbons (Fsp3) is 0.167. The molecule has 4 heterocycles. The van der Waals surface area contributed by atoms with Gasteiger partial charge in [0, 0.05) is 36.2 Å². The van der Waals surface area contributed by atoms with E-state index in [1.54, 1.807) is 23.1 Å². The number of amides is 1. The first-order valence-electron chi connectivity index (χ1n) is 8.84. The number of nitrogens with zero attached hydrogens (tertiary/aromatic N) is 6. The Morgan fingerprint density at radius 3 is 2.79 bits per heavy atom. The number of carbonyl (C=O) groups is 1. The summed E-state index contributed by atoms with van der Waals surface area (Å²) in [6.45, 7) is 1.84. The first-order chi connectivity index (χ1) is 13.8. The van der Waals surface area contributed by atoms with Crippen molar-refractivity contribution < 1.29 is 4.79 Å². The number of nitrogens with one attached hydrogen (secondary N) is 3. The van der Waals surface area contributed by atoms with E-state index in [1.165, 1.54) is 6.33 Å². The number of hydrogen-bond acceptors (Lipinski definition) is 7. The SMILES string of the molecule is O=C1CN(c2ccc(Nc3ncc(-c4cn[nH]c4)n4ncnc34)cc2)CCN1. The molecular formula is C18H17N9O. The van der Waals surface area contributed by atoms with E-state index in [0.29, 0.717) is 24.6 Å². The summed E-state index contributed by atoms with van der Waals surface area (Å²) in [4.78, 5) is 22.5. The Morgan fingerprint density at radius 2 is 2.00 bits per heavy atom. The van der Waals surface area contributed by atoms with Gasteiger partial charge >= 0.3 is 0 Å².